The van der Waals surface area contributed by atoms with E-state index >= 15 is 0 Å². The van der Waals surface area contributed by atoms with E-state index in [1.54, 1.807) is 25.1 Å². The van der Waals surface area contributed by atoms with Crippen LogP contribution in [0.15, 0.2) is 18.2 Å². The highest BCUT2D eigenvalue weighted by atomic mass is 19.4. The van der Waals surface area contributed by atoms with Crippen molar-refractivity contribution in [1.82, 2.24) is 0 Å². The Bertz CT molecular complexity index is 389. The fraction of sp³-hybridized carbons (Fsp3) is 0.500. The number of benzene rings is 1. The van der Waals surface area contributed by atoms with Crippen molar-refractivity contribution in [3.8, 4) is 5.75 Å². The minimum atomic E-state index is -4.37. The third-order valence-corrected chi connectivity index (χ3v) is 2.18. The third kappa shape index (κ3) is 4.93. The van der Waals surface area contributed by atoms with E-state index < -0.39 is 25.7 Å². The second-order valence-electron chi connectivity index (χ2n) is 3.94. The van der Waals surface area contributed by atoms with Crippen LogP contribution < -0.4 is 4.74 Å². The van der Waals surface area contributed by atoms with Crippen molar-refractivity contribution < 1.29 is 27.8 Å². The van der Waals surface area contributed by atoms with Crippen LogP contribution in [-0.4, -0.2) is 24.7 Å². The van der Waals surface area contributed by atoms with Crippen LogP contribution in [0.5, 0.6) is 5.75 Å². The lowest BCUT2D eigenvalue weighted by Gasteiger charge is -2.14. The molecule has 0 bridgehead atoms. The lowest BCUT2D eigenvalue weighted by Crippen LogP contribution is -2.19. The van der Waals surface area contributed by atoms with Crippen LogP contribution in [0.4, 0.5) is 13.2 Å². The van der Waals surface area contributed by atoms with Crippen LogP contribution in [0.2, 0.25) is 0 Å². The first kappa shape index (κ1) is 14.8. The summed E-state index contributed by atoms with van der Waals surface area (Å²) < 4.78 is 44.9. The first-order valence-corrected chi connectivity index (χ1v) is 5.35. The lowest BCUT2D eigenvalue weighted by molar-refractivity contribution is -0.186. The van der Waals surface area contributed by atoms with Crippen LogP contribution in [0.3, 0.4) is 0 Å². The van der Waals surface area contributed by atoms with Gasteiger partial charge in [0.25, 0.3) is 0 Å². The maximum Gasteiger partial charge on any atom is 0.411 e. The van der Waals surface area contributed by atoms with E-state index in [-0.39, 0.29) is 0 Å². The molecule has 0 heterocycles. The van der Waals surface area contributed by atoms with Gasteiger partial charge in [0, 0.05) is 5.56 Å². The maximum atomic E-state index is 11.8. The van der Waals surface area contributed by atoms with Crippen LogP contribution in [0, 0.1) is 6.92 Å². The molecule has 1 rings (SSSR count). The standard InChI is InChI=1S/C12H15F3O3/c1-8-3-4-10(9(2)16)11(5-8)18-7-17-6-12(13,14)15/h3-5,9,16H,6-7H2,1-2H3/t9-/m0/s1. The Labute approximate surface area is 103 Å². The molecule has 1 atom stereocenters. The van der Waals surface area contributed by atoms with Gasteiger partial charge in [-0.2, -0.15) is 13.2 Å². The number of aliphatic hydroxyl groups is 1. The number of ether oxygens (including phenoxy) is 2. The molecular formula is C12H15F3O3. The molecule has 0 aliphatic carbocycles. The molecule has 0 spiro atoms. The van der Waals surface area contributed by atoms with Crippen LogP contribution in [-0.2, 0) is 4.74 Å². The molecule has 0 fully saturated rings. The highest BCUT2D eigenvalue weighted by molar-refractivity contribution is 5.38. The maximum absolute atomic E-state index is 11.8. The summed E-state index contributed by atoms with van der Waals surface area (Å²) in [6.45, 7) is 1.49. The van der Waals surface area contributed by atoms with Crippen LogP contribution >= 0.6 is 0 Å². The molecule has 0 saturated carbocycles. The number of rotatable bonds is 5. The first-order chi connectivity index (χ1) is 8.29. The van der Waals surface area contributed by atoms with Gasteiger partial charge in [-0.05, 0) is 25.5 Å². The first-order valence-electron chi connectivity index (χ1n) is 5.35. The Kier molecular flexibility index (Phi) is 4.98. The number of aryl methyl sites for hydroxylation is 1. The van der Waals surface area contributed by atoms with E-state index in [1.165, 1.54) is 0 Å². The molecule has 102 valence electrons. The van der Waals surface area contributed by atoms with Gasteiger partial charge < -0.3 is 14.6 Å². The van der Waals surface area contributed by atoms with E-state index in [2.05, 4.69) is 4.74 Å². The molecule has 0 aromatic heterocycles. The summed E-state index contributed by atoms with van der Waals surface area (Å²) in [5, 5.41) is 9.48. The Balaban J connectivity index is 2.58. The minimum Gasteiger partial charge on any atom is -0.467 e. The van der Waals surface area contributed by atoms with Gasteiger partial charge >= 0.3 is 6.18 Å². The Hall–Kier alpha value is -1.27. The fourth-order valence-corrected chi connectivity index (χ4v) is 1.37. The third-order valence-electron chi connectivity index (χ3n) is 2.18. The van der Waals surface area contributed by atoms with Gasteiger partial charge in [-0.3, -0.25) is 0 Å². The topological polar surface area (TPSA) is 38.7 Å². The molecule has 0 aliphatic heterocycles. The van der Waals surface area contributed by atoms with Gasteiger partial charge in [0.1, 0.15) is 12.4 Å². The molecule has 0 unspecified atom stereocenters. The predicted octanol–water partition coefficient (Wildman–Crippen LogP) is 2.96. The van der Waals surface area contributed by atoms with Crippen molar-refractivity contribution in [2.45, 2.75) is 26.1 Å². The number of aliphatic hydroxyl groups excluding tert-OH is 1. The van der Waals surface area contributed by atoms with E-state index in [9.17, 15) is 18.3 Å². The van der Waals surface area contributed by atoms with Gasteiger partial charge in [-0.15, -0.1) is 0 Å². The molecule has 0 amide bonds. The summed E-state index contributed by atoms with van der Waals surface area (Å²) in [4.78, 5) is 0. The molecule has 0 radical (unpaired) electrons. The lowest BCUT2D eigenvalue weighted by atomic mass is 10.1. The van der Waals surface area contributed by atoms with Gasteiger partial charge in [0.15, 0.2) is 6.79 Å². The zero-order chi connectivity index (χ0) is 13.8. The van der Waals surface area contributed by atoms with E-state index in [1.807, 2.05) is 6.92 Å². The Morgan fingerprint density at radius 3 is 2.56 bits per heavy atom. The molecule has 1 aromatic rings. The predicted molar refractivity (Wildman–Crippen MR) is 59.3 cm³/mol. The summed E-state index contributed by atoms with van der Waals surface area (Å²) in [6.07, 6.45) is -5.13. The molecule has 3 nitrogen and oxygen atoms in total. The Morgan fingerprint density at radius 2 is 2.00 bits per heavy atom. The number of halogens is 3. The molecule has 0 saturated heterocycles. The van der Waals surface area contributed by atoms with Crippen molar-refractivity contribution >= 4 is 0 Å². The summed E-state index contributed by atoms with van der Waals surface area (Å²) in [7, 11) is 0. The zero-order valence-electron chi connectivity index (χ0n) is 10.1. The molecule has 18 heavy (non-hydrogen) atoms. The summed E-state index contributed by atoms with van der Waals surface area (Å²) in [5.41, 5.74) is 1.39. The van der Waals surface area contributed by atoms with E-state index in [0.717, 1.165) is 5.56 Å². The van der Waals surface area contributed by atoms with Gasteiger partial charge in [0.2, 0.25) is 0 Å². The highest BCUT2D eigenvalue weighted by Gasteiger charge is 2.27. The summed E-state index contributed by atoms with van der Waals surface area (Å²) in [6, 6.07) is 5.09. The highest BCUT2D eigenvalue weighted by Crippen LogP contribution is 2.26. The smallest absolute Gasteiger partial charge is 0.411 e. The van der Waals surface area contributed by atoms with Crippen molar-refractivity contribution in [2.75, 3.05) is 13.4 Å². The number of hydrogen-bond donors (Lipinski definition) is 1. The van der Waals surface area contributed by atoms with Crippen molar-refractivity contribution in [3.05, 3.63) is 29.3 Å². The van der Waals surface area contributed by atoms with E-state index in [0.29, 0.717) is 11.3 Å². The summed E-state index contributed by atoms with van der Waals surface area (Å²) in [5.74, 6) is 0.326. The average molecular weight is 264 g/mol. The minimum absolute atomic E-state index is 0.326. The molecular weight excluding hydrogens is 249 g/mol. The largest absolute Gasteiger partial charge is 0.467 e. The van der Waals surface area contributed by atoms with Gasteiger partial charge in [-0.25, -0.2) is 0 Å². The van der Waals surface area contributed by atoms with Crippen LogP contribution in [0.1, 0.15) is 24.2 Å². The van der Waals surface area contributed by atoms with Crippen molar-refractivity contribution in [3.63, 3.8) is 0 Å². The zero-order valence-corrected chi connectivity index (χ0v) is 10.1. The average Bonchev–Trinajstić information content (AvgIpc) is 2.22. The monoisotopic (exact) mass is 264 g/mol. The normalized spacial score (nSPS) is 13.4. The molecule has 0 aliphatic rings. The Morgan fingerprint density at radius 1 is 1.33 bits per heavy atom. The SMILES string of the molecule is Cc1ccc([C@H](C)O)c(OCOCC(F)(F)F)c1. The van der Waals surface area contributed by atoms with Crippen molar-refractivity contribution in [2.24, 2.45) is 0 Å². The molecule has 1 aromatic carbocycles. The summed E-state index contributed by atoms with van der Waals surface area (Å²) >= 11 is 0. The number of hydrogen-bond acceptors (Lipinski definition) is 3. The molecule has 1 N–H and O–H groups in total. The van der Waals surface area contributed by atoms with Gasteiger partial charge in [0.05, 0.1) is 6.10 Å². The van der Waals surface area contributed by atoms with Gasteiger partial charge in [-0.1, -0.05) is 12.1 Å². The van der Waals surface area contributed by atoms with E-state index in [4.69, 9.17) is 4.74 Å². The quantitative estimate of drug-likeness (QED) is 0.656. The number of alkyl halides is 3. The van der Waals surface area contributed by atoms with Crippen LogP contribution in [0.25, 0.3) is 0 Å². The van der Waals surface area contributed by atoms with Crippen molar-refractivity contribution in [1.29, 1.82) is 0 Å². The molecule has 6 heteroatoms. The second-order valence-corrected chi connectivity index (χ2v) is 3.94. The fourth-order valence-electron chi connectivity index (χ4n) is 1.37. The second kappa shape index (κ2) is 6.06.